The van der Waals surface area contributed by atoms with E-state index in [4.69, 9.17) is 0 Å². The molecule has 0 bridgehead atoms. The maximum absolute atomic E-state index is 11.2. The summed E-state index contributed by atoms with van der Waals surface area (Å²) in [6.07, 6.45) is 0.564. The summed E-state index contributed by atoms with van der Waals surface area (Å²) >= 11 is 1.24. The Labute approximate surface area is 80.3 Å². The number of hydrogen-bond donors (Lipinski definition) is 1. The highest BCUT2D eigenvalue weighted by Crippen LogP contribution is 2.24. The molecule has 1 N–H and O–H groups in total. The third kappa shape index (κ3) is 1.96. The SMILES string of the molecule is C=CC(O)c1ccsc1C(=O)OC. The molecule has 1 heterocycles. The van der Waals surface area contributed by atoms with Crippen LogP contribution in [-0.4, -0.2) is 18.2 Å². The molecule has 13 heavy (non-hydrogen) atoms. The van der Waals surface area contributed by atoms with Crippen molar-refractivity contribution < 1.29 is 14.6 Å². The first-order chi connectivity index (χ1) is 6.20. The quantitative estimate of drug-likeness (QED) is 0.594. The molecule has 0 aromatic carbocycles. The summed E-state index contributed by atoms with van der Waals surface area (Å²) in [7, 11) is 1.31. The molecule has 0 fully saturated rings. The van der Waals surface area contributed by atoms with Crippen molar-refractivity contribution in [2.45, 2.75) is 6.10 Å². The number of thiophene rings is 1. The van der Waals surface area contributed by atoms with Crippen molar-refractivity contribution in [2.24, 2.45) is 0 Å². The van der Waals surface area contributed by atoms with Gasteiger partial charge in [0.05, 0.1) is 13.2 Å². The molecular weight excluding hydrogens is 188 g/mol. The Bertz CT molecular complexity index is 316. The maximum Gasteiger partial charge on any atom is 0.348 e. The van der Waals surface area contributed by atoms with Crippen LogP contribution < -0.4 is 0 Å². The van der Waals surface area contributed by atoms with E-state index in [-0.39, 0.29) is 0 Å². The Balaban J connectivity index is 3.02. The Morgan fingerprint density at radius 3 is 3.08 bits per heavy atom. The van der Waals surface area contributed by atoms with Crippen LogP contribution in [0.25, 0.3) is 0 Å². The number of carbonyl (C=O) groups is 1. The molecule has 0 saturated carbocycles. The first kappa shape index (κ1) is 9.95. The maximum atomic E-state index is 11.2. The van der Waals surface area contributed by atoms with Crippen molar-refractivity contribution >= 4 is 17.3 Å². The van der Waals surface area contributed by atoms with E-state index in [1.165, 1.54) is 24.5 Å². The molecule has 70 valence electrons. The molecule has 0 aliphatic heterocycles. The van der Waals surface area contributed by atoms with Crippen molar-refractivity contribution in [2.75, 3.05) is 7.11 Å². The third-order valence-corrected chi connectivity index (χ3v) is 2.52. The molecule has 1 atom stereocenters. The first-order valence-corrected chi connectivity index (χ1v) is 4.55. The Kier molecular flexibility index (Phi) is 3.22. The van der Waals surface area contributed by atoms with Gasteiger partial charge in [0, 0.05) is 5.56 Å². The van der Waals surface area contributed by atoms with Crippen LogP contribution in [0, 0.1) is 0 Å². The summed E-state index contributed by atoms with van der Waals surface area (Å²) in [6.45, 7) is 3.45. The van der Waals surface area contributed by atoms with E-state index in [2.05, 4.69) is 11.3 Å². The molecule has 1 unspecified atom stereocenters. The van der Waals surface area contributed by atoms with Crippen LogP contribution in [0.5, 0.6) is 0 Å². The minimum Gasteiger partial charge on any atom is -0.465 e. The highest BCUT2D eigenvalue weighted by atomic mass is 32.1. The van der Waals surface area contributed by atoms with E-state index in [0.29, 0.717) is 10.4 Å². The summed E-state index contributed by atoms with van der Waals surface area (Å²) < 4.78 is 4.56. The normalized spacial score (nSPS) is 12.2. The van der Waals surface area contributed by atoms with E-state index in [1.54, 1.807) is 11.4 Å². The zero-order chi connectivity index (χ0) is 9.84. The predicted octanol–water partition coefficient (Wildman–Crippen LogP) is 1.75. The zero-order valence-electron chi connectivity index (χ0n) is 7.19. The van der Waals surface area contributed by atoms with E-state index in [9.17, 15) is 9.90 Å². The topological polar surface area (TPSA) is 46.5 Å². The fourth-order valence-electron chi connectivity index (χ4n) is 0.938. The average Bonchev–Trinajstić information content (AvgIpc) is 2.63. The average molecular weight is 198 g/mol. The first-order valence-electron chi connectivity index (χ1n) is 3.67. The molecule has 1 rings (SSSR count). The molecule has 0 amide bonds. The molecule has 1 aromatic heterocycles. The smallest absolute Gasteiger partial charge is 0.348 e. The van der Waals surface area contributed by atoms with Crippen molar-refractivity contribution in [3.05, 3.63) is 34.5 Å². The third-order valence-electron chi connectivity index (χ3n) is 1.61. The second-order valence-electron chi connectivity index (χ2n) is 2.38. The van der Waals surface area contributed by atoms with Crippen LogP contribution in [-0.2, 0) is 4.74 Å². The summed E-state index contributed by atoms with van der Waals surface area (Å²) in [5.41, 5.74) is 0.548. The van der Waals surface area contributed by atoms with E-state index in [0.717, 1.165) is 0 Å². The number of carbonyl (C=O) groups excluding carboxylic acids is 1. The summed E-state index contributed by atoms with van der Waals surface area (Å²) in [4.78, 5) is 11.6. The lowest BCUT2D eigenvalue weighted by Gasteiger charge is -2.04. The largest absolute Gasteiger partial charge is 0.465 e. The molecule has 0 aliphatic carbocycles. The van der Waals surface area contributed by atoms with Crippen molar-refractivity contribution in [3.63, 3.8) is 0 Å². The van der Waals surface area contributed by atoms with Gasteiger partial charge in [-0.25, -0.2) is 4.79 Å². The molecule has 0 aliphatic rings. The monoisotopic (exact) mass is 198 g/mol. The number of hydrogen-bond acceptors (Lipinski definition) is 4. The Morgan fingerprint density at radius 1 is 1.85 bits per heavy atom. The molecule has 0 saturated heterocycles. The summed E-state index contributed by atoms with van der Waals surface area (Å²) in [6, 6.07) is 1.68. The van der Waals surface area contributed by atoms with E-state index < -0.39 is 12.1 Å². The number of aliphatic hydroxyl groups excluding tert-OH is 1. The van der Waals surface area contributed by atoms with Gasteiger partial charge in [0.2, 0.25) is 0 Å². The van der Waals surface area contributed by atoms with Gasteiger partial charge >= 0.3 is 5.97 Å². The van der Waals surface area contributed by atoms with Gasteiger partial charge in [0.15, 0.2) is 0 Å². The van der Waals surface area contributed by atoms with Crippen LogP contribution in [0.15, 0.2) is 24.1 Å². The van der Waals surface area contributed by atoms with Gasteiger partial charge in [-0.3, -0.25) is 0 Å². The molecule has 0 radical (unpaired) electrons. The minimum atomic E-state index is -0.805. The lowest BCUT2D eigenvalue weighted by molar-refractivity contribution is 0.0601. The number of esters is 1. The minimum absolute atomic E-state index is 0.425. The molecule has 3 nitrogen and oxygen atoms in total. The standard InChI is InChI=1S/C9H10O3S/c1-3-7(10)6-4-5-13-8(6)9(11)12-2/h3-5,7,10H,1H2,2H3. The fourth-order valence-corrected chi connectivity index (χ4v) is 1.79. The van der Waals surface area contributed by atoms with Crippen molar-refractivity contribution in [1.29, 1.82) is 0 Å². The molecule has 1 aromatic rings. The van der Waals surface area contributed by atoms with Gasteiger partial charge in [-0.05, 0) is 11.4 Å². The molecule has 0 spiro atoms. The summed E-state index contributed by atoms with van der Waals surface area (Å²) in [5, 5.41) is 11.2. The van der Waals surface area contributed by atoms with E-state index >= 15 is 0 Å². The Hall–Kier alpha value is -1.13. The van der Waals surface area contributed by atoms with Crippen LogP contribution in [0.3, 0.4) is 0 Å². The van der Waals surface area contributed by atoms with Gasteiger partial charge in [-0.15, -0.1) is 17.9 Å². The van der Waals surface area contributed by atoms with Gasteiger partial charge < -0.3 is 9.84 Å². The lowest BCUT2D eigenvalue weighted by atomic mass is 10.1. The Morgan fingerprint density at radius 2 is 2.54 bits per heavy atom. The van der Waals surface area contributed by atoms with Crippen LogP contribution in [0.2, 0.25) is 0 Å². The van der Waals surface area contributed by atoms with Gasteiger partial charge in [0.25, 0.3) is 0 Å². The van der Waals surface area contributed by atoms with Crippen molar-refractivity contribution in [3.8, 4) is 0 Å². The van der Waals surface area contributed by atoms with Gasteiger partial charge in [0.1, 0.15) is 4.88 Å². The van der Waals surface area contributed by atoms with Crippen LogP contribution in [0.1, 0.15) is 21.3 Å². The van der Waals surface area contributed by atoms with Crippen molar-refractivity contribution in [1.82, 2.24) is 0 Å². The van der Waals surface area contributed by atoms with Crippen LogP contribution in [0.4, 0.5) is 0 Å². The number of ether oxygens (including phenoxy) is 1. The fraction of sp³-hybridized carbons (Fsp3) is 0.222. The lowest BCUT2D eigenvalue weighted by Crippen LogP contribution is -2.04. The second kappa shape index (κ2) is 4.20. The number of aliphatic hydroxyl groups is 1. The molecule has 4 heteroatoms. The highest BCUT2D eigenvalue weighted by Gasteiger charge is 2.17. The number of rotatable bonds is 3. The van der Waals surface area contributed by atoms with E-state index in [1.807, 2.05) is 0 Å². The zero-order valence-corrected chi connectivity index (χ0v) is 8.00. The van der Waals surface area contributed by atoms with Crippen LogP contribution >= 0.6 is 11.3 Å². The van der Waals surface area contributed by atoms with Gasteiger partial charge in [-0.1, -0.05) is 6.08 Å². The second-order valence-corrected chi connectivity index (χ2v) is 3.29. The summed E-state index contributed by atoms with van der Waals surface area (Å²) in [5.74, 6) is -0.425. The predicted molar refractivity (Wildman–Crippen MR) is 50.8 cm³/mol. The number of methoxy groups -OCH3 is 1. The highest BCUT2D eigenvalue weighted by molar-refractivity contribution is 7.12. The van der Waals surface area contributed by atoms with Gasteiger partial charge in [-0.2, -0.15) is 0 Å². The molecular formula is C9H10O3S.